The Morgan fingerprint density at radius 1 is 1.19 bits per heavy atom. The summed E-state index contributed by atoms with van der Waals surface area (Å²) in [7, 11) is 3.24. The molecule has 0 aromatic carbocycles. The van der Waals surface area contributed by atoms with Crippen molar-refractivity contribution in [3.05, 3.63) is 11.9 Å². The Morgan fingerprint density at radius 2 is 2.00 bits per heavy atom. The van der Waals surface area contributed by atoms with Crippen molar-refractivity contribution >= 4 is 5.82 Å². The smallest absolute Gasteiger partial charge is 0.218 e. The Bertz CT molecular complexity index is 422. The molecule has 0 spiro atoms. The van der Waals surface area contributed by atoms with Crippen LogP contribution in [0.1, 0.15) is 31.5 Å². The highest BCUT2D eigenvalue weighted by molar-refractivity contribution is 5.38. The topological polar surface area (TPSA) is 59.5 Å². The minimum Gasteiger partial charge on any atom is -0.481 e. The summed E-state index contributed by atoms with van der Waals surface area (Å²) < 4.78 is 10.3. The number of rotatable bonds is 9. The van der Waals surface area contributed by atoms with Gasteiger partial charge in [0.15, 0.2) is 5.82 Å². The van der Waals surface area contributed by atoms with Crippen molar-refractivity contribution in [2.45, 2.75) is 32.3 Å². The van der Waals surface area contributed by atoms with E-state index in [9.17, 15) is 0 Å². The number of hydrogen-bond donors (Lipinski definition) is 1. The molecule has 0 unspecified atom stereocenters. The lowest BCUT2D eigenvalue weighted by Crippen LogP contribution is -2.21. The molecule has 21 heavy (non-hydrogen) atoms. The highest BCUT2D eigenvalue weighted by atomic mass is 16.5. The van der Waals surface area contributed by atoms with Gasteiger partial charge in [0.05, 0.1) is 7.11 Å². The summed E-state index contributed by atoms with van der Waals surface area (Å²) in [6, 6.07) is 1.82. The highest BCUT2D eigenvalue weighted by Crippen LogP contribution is 2.14. The van der Waals surface area contributed by atoms with Gasteiger partial charge in [-0.1, -0.05) is 0 Å². The number of aromatic nitrogens is 2. The van der Waals surface area contributed by atoms with Gasteiger partial charge in [0.1, 0.15) is 12.4 Å². The van der Waals surface area contributed by atoms with Crippen molar-refractivity contribution in [1.29, 1.82) is 0 Å². The Hall–Kier alpha value is -1.40. The molecule has 0 saturated carbocycles. The average Bonchev–Trinajstić information content (AvgIpc) is 3.00. The fraction of sp³-hybridized carbons (Fsp3) is 0.733. The molecule has 6 nitrogen and oxygen atoms in total. The van der Waals surface area contributed by atoms with Crippen molar-refractivity contribution in [2.24, 2.45) is 0 Å². The van der Waals surface area contributed by atoms with Crippen LogP contribution in [-0.4, -0.2) is 55.3 Å². The Kier molecular flexibility index (Phi) is 6.69. The molecule has 1 aliphatic rings. The van der Waals surface area contributed by atoms with Gasteiger partial charge in [-0.3, -0.25) is 0 Å². The van der Waals surface area contributed by atoms with E-state index in [1.165, 1.54) is 38.9 Å². The Morgan fingerprint density at radius 3 is 2.71 bits per heavy atom. The van der Waals surface area contributed by atoms with E-state index in [1.807, 2.05) is 6.07 Å². The monoisotopic (exact) mass is 294 g/mol. The van der Waals surface area contributed by atoms with Crippen LogP contribution in [-0.2, 0) is 11.3 Å². The van der Waals surface area contributed by atoms with E-state index in [0.717, 1.165) is 18.8 Å². The van der Waals surface area contributed by atoms with Crippen LogP contribution in [0, 0.1) is 0 Å². The fourth-order valence-corrected chi connectivity index (χ4v) is 2.54. The van der Waals surface area contributed by atoms with E-state index in [2.05, 4.69) is 20.2 Å². The van der Waals surface area contributed by atoms with Crippen LogP contribution in [0.25, 0.3) is 0 Å². The van der Waals surface area contributed by atoms with Crippen molar-refractivity contribution in [2.75, 3.05) is 45.7 Å². The van der Waals surface area contributed by atoms with Gasteiger partial charge in [-0.05, 0) is 45.3 Å². The Balaban J connectivity index is 1.72. The second kappa shape index (κ2) is 8.79. The molecule has 0 bridgehead atoms. The minimum atomic E-state index is 0.390. The number of nitrogens with one attached hydrogen (secondary N) is 1. The molecule has 0 aliphatic carbocycles. The van der Waals surface area contributed by atoms with Gasteiger partial charge in [-0.25, -0.2) is 4.98 Å². The van der Waals surface area contributed by atoms with Gasteiger partial charge >= 0.3 is 0 Å². The second-order valence-electron chi connectivity index (χ2n) is 5.33. The zero-order valence-electron chi connectivity index (χ0n) is 13.1. The molecular formula is C15H26N4O2. The molecule has 0 radical (unpaired) electrons. The number of anilines is 1. The van der Waals surface area contributed by atoms with Gasteiger partial charge in [0.25, 0.3) is 0 Å². The van der Waals surface area contributed by atoms with Crippen LogP contribution >= 0.6 is 0 Å². The summed E-state index contributed by atoms with van der Waals surface area (Å²) in [6.07, 6.45) is 5.09. The minimum absolute atomic E-state index is 0.390. The second-order valence-corrected chi connectivity index (χ2v) is 5.33. The first kappa shape index (κ1) is 16.0. The maximum Gasteiger partial charge on any atom is 0.218 e. The lowest BCUT2D eigenvalue weighted by molar-refractivity contribution is 0.177. The molecule has 2 heterocycles. The van der Waals surface area contributed by atoms with Gasteiger partial charge in [-0.15, -0.1) is 0 Å². The van der Waals surface area contributed by atoms with Gasteiger partial charge in [-0.2, -0.15) is 4.98 Å². The zero-order valence-corrected chi connectivity index (χ0v) is 13.1. The summed E-state index contributed by atoms with van der Waals surface area (Å²) in [5, 5.41) is 3.34. The molecule has 1 aliphatic heterocycles. The normalized spacial score (nSPS) is 15.3. The SMILES string of the molecule is COCc1nc(NCCCCN2CCCC2)cc(OC)n1. The number of unbranched alkanes of at least 4 members (excludes halogenated alkanes) is 1. The molecule has 0 amide bonds. The first-order valence-corrected chi connectivity index (χ1v) is 7.69. The van der Waals surface area contributed by atoms with Crippen molar-refractivity contribution in [1.82, 2.24) is 14.9 Å². The molecule has 1 fully saturated rings. The lowest BCUT2D eigenvalue weighted by atomic mass is 10.3. The van der Waals surface area contributed by atoms with E-state index in [4.69, 9.17) is 9.47 Å². The largest absolute Gasteiger partial charge is 0.481 e. The van der Waals surface area contributed by atoms with Crippen molar-refractivity contribution in [3.8, 4) is 5.88 Å². The van der Waals surface area contributed by atoms with E-state index < -0.39 is 0 Å². The number of nitrogens with zero attached hydrogens (tertiary/aromatic N) is 3. The van der Waals surface area contributed by atoms with E-state index >= 15 is 0 Å². The summed E-state index contributed by atoms with van der Waals surface area (Å²) in [5.74, 6) is 2.00. The molecule has 1 aromatic heterocycles. The molecular weight excluding hydrogens is 268 g/mol. The average molecular weight is 294 g/mol. The predicted octanol–water partition coefficient (Wildman–Crippen LogP) is 1.92. The summed E-state index contributed by atoms with van der Waals surface area (Å²) in [4.78, 5) is 11.2. The van der Waals surface area contributed by atoms with E-state index in [-0.39, 0.29) is 0 Å². The van der Waals surface area contributed by atoms with Crippen molar-refractivity contribution < 1.29 is 9.47 Å². The standard InChI is InChI=1S/C15H26N4O2/c1-20-12-14-17-13(11-15(18-14)21-2)16-7-3-4-8-19-9-5-6-10-19/h11H,3-10,12H2,1-2H3,(H,16,17,18). The van der Waals surface area contributed by atoms with Crippen LogP contribution in [0.4, 0.5) is 5.82 Å². The quantitative estimate of drug-likeness (QED) is 0.702. The third-order valence-electron chi connectivity index (χ3n) is 3.64. The van der Waals surface area contributed by atoms with Crippen LogP contribution in [0.15, 0.2) is 6.07 Å². The highest BCUT2D eigenvalue weighted by Gasteiger charge is 2.10. The van der Waals surface area contributed by atoms with Crippen molar-refractivity contribution in [3.63, 3.8) is 0 Å². The van der Waals surface area contributed by atoms with E-state index in [0.29, 0.717) is 18.3 Å². The predicted molar refractivity (Wildman–Crippen MR) is 82.7 cm³/mol. The summed E-state index contributed by atoms with van der Waals surface area (Å²) in [6.45, 7) is 5.07. The fourth-order valence-electron chi connectivity index (χ4n) is 2.54. The molecule has 1 saturated heterocycles. The number of hydrogen-bond acceptors (Lipinski definition) is 6. The molecule has 0 atom stereocenters. The molecule has 1 aromatic rings. The third-order valence-corrected chi connectivity index (χ3v) is 3.64. The first-order valence-electron chi connectivity index (χ1n) is 7.69. The zero-order chi connectivity index (χ0) is 14.9. The van der Waals surface area contributed by atoms with Crippen LogP contribution in [0.2, 0.25) is 0 Å². The molecule has 6 heteroatoms. The number of likely N-dealkylation sites (tertiary alicyclic amines) is 1. The maximum atomic E-state index is 5.18. The number of methoxy groups -OCH3 is 2. The molecule has 1 N–H and O–H groups in total. The van der Waals surface area contributed by atoms with Gasteiger partial charge < -0.3 is 19.7 Å². The molecule has 2 rings (SSSR count). The summed E-state index contributed by atoms with van der Waals surface area (Å²) >= 11 is 0. The molecule has 118 valence electrons. The lowest BCUT2D eigenvalue weighted by Gasteiger charge is -2.14. The third kappa shape index (κ3) is 5.47. The van der Waals surface area contributed by atoms with E-state index in [1.54, 1.807) is 14.2 Å². The van der Waals surface area contributed by atoms with Gasteiger partial charge in [0.2, 0.25) is 5.88 Å². The maximum absolute atomic E-state index is 5.18. The number of ether oxygens (including phenoxy) is 2. The first-order chi connectivity index (χ1) is 10.3. The van der Waals surface area contributed by atoms with Crippen LogP contribution in [0.5, 0.6) is 5.88 Å². The van der Waals surface area contributed by atoms with Crippen LogP contribution < -0.4 is 10.1 Å². The summed E-state index contributed by atoms with van der Waals surface area (Å²) in [5.41, 5.74) is 0. The van der Waals surface area contributed by atoms with Gasteiger partial charge in [0, 0.05) is 19.7 Å². The Labute approximate surface area is 126 Å². The van der Waals surface area contributed by atoms with Crippen LogP contribution in [0.3, 0.4) is 0 Å².